The quantitative estimate of drug-likeness (QED) is 0.867. The first-order valence-electron chi connectivity index (χ1n) is 4.93. The number of carboxylic acid groups (broad SMARTS) is 1. The summed E-state index contributed by atoms with van der Waals surface area (Å²) in [6.07, 6.45) is 0. The van der Waals surface area contributed by atoms with E-state index in [0.29, 0.717) is 29.0 Å². The molecule has 0 aromatic carbocycles. The van der Waals surface area contributed by atoms with Crippen molar-refractivity contribution in [1.29, 1.82) is 0 Å². The average Bonchev–Trinajstić information content (AvgIpc) is 2.82. The van der Waals surface area contributed by atoms with Crippen molar-refractivity contribution in [3.8, 4) is 0 Å². The monoisotopic (exact) mass is 253 g/mol. The van der Waals surface area contributed by atoms with Crippen molar-refractivity contribution in [1.82, 2.24) is 9.36 Å². The van der Waals surface area contributed by atoms with Crippen molar-refractivity contribution in [2.45, 2.75) is 20.4 Å². The van der Waals surface area contributed by atoms with E-state index in [2.05, 4.69) is 14.7 Å². The molecule has 0 aliphatic carbocycles. The second kappa shape index (κ2) is 4.54. The molecule has 17 heavy (non-hydrogen) atoms. The van der Waals surface area contributed by atoms with Crippen LogP contribution in [-0.2, 0) is 6.54 Å². The number of furan rings is 1. The Bertz CT molecular complexity index is 547. The Morgan fingerprint density at radius 2 is 2.35 bits per heavy atom. The molecule has 2 aromatic heterocycles. The molecule has 0 fully saturated rings. The van der Waals surface area contributed by atoms with E-state index in [9.17, 15) is 4.79 Å². The number of nitrogens with one attached hydrogen (secondary N) is 1. The third-order valence-corrected chi connectivity index (χ3v) is 2.90. The molecule has 2 heterocycles. The number of carbonyl (C=O) groups is 1. The zero-order chi connectivity index (χ0) is 12.4. The van der Waals surface area contributed by atoms with Crippen molar-refractivity contribution in [3.05, 3.63) is 29.0 Å². The van der Waals surface area contributed by atoms with E-state index in [1.54, 1.807) is 13.8 Å². The normalized spacial score (nSPS) is 10.5. The van der Waals surface area contributed by atoms with Crippen LogP contribution in [0.15, 0.2) is 10.5 Å². The van der Waals surface area contributed by atoms with E-state index >= 15 is 0 Å². The number of hydrogen-bond donors (Lipinski definition) is 2. The highest BCUT2D eigenvalue weighted by molar-refractivity contribution is 7.09. The Morgan fingerprint density at radius 3 is 2.88 bits per heavy atom. The van der Waals surface area contributed by atoms with E-state index in [0.717, 1.165) is 0 Å². The summed E-state index contributed by atoms with van der Waals surface area (Å²) in [5.41, 5.74) is 0.190. The molecular weight excluding hydrogens is 242 g/mol. The molecule has 0 radical (unpaired) electrons. The third kappa shape index (κ3) is 2.62. The minimum absolute atomic E-state index is 0.190. The molecule has 0 bridgehead atoms. The molecule has 90 valence electrons. The lowest BCUT2D eigenvalue weighted by molar-refractivity contribution is 0.0695. The molecule has 0 amide bonds. The number of rotatable bonds is 4. The van der Waals surface area contributed by atoms with Crippen LogP contribution in [0.1, 0.15) is 27.7 Å². The van der Waals surface area contributed by atoms with Gasteiger partial charge in [-0.25, -0.2) is 9.78 Å². The summed E-state index contributed by atoms with van der Waals surface area (Å²) in [5, 5.41) is 12.6. The Morgan fingerprint density at radius 1 is 1.59 bits per heavy atom. The maximum absolute atomic E-state index is 10.8. The fourth-order valence-corrected chi connectivity index (χ4v) is 1.94. The first-order valence-corrected chi connectivity index (χ1v) is 5.70. The number of hydrogen-bond acceptors (Lipinski definition) is 6. The van der Waals surface area contributed by atoms with Crippen molar-refractivity contribution >= 4 is 22.6 Å². The molecule has 0 aliphatic heterocycles. The Balaban J connectivity index is 2.04. The number of carboxylic acids is 1. The van der Waals surface area contributed by atoms with Crippen molar-refractivity contribution in [3.63, 3.8) is 0 Å². The highest BCUT2D eigenvalue weighted by atomic mass is 32.1. The Labute approximate surface area is 101 Å². The van der Waals surface area contributed by atoms with Gasteiger partial charge in [-0.3, -0.25) is 0 Å². The number of aromatic nitrogens is 2. The summed E-state index contributed by atoms with van der Waals surface area (Å²) in [6, 6.07) is 1.51. The maximum Gasteiger partial charge on any atom is 0.339 e. The van der Waals surface area contributed by atoms with Gasteiger partial charge in [-0.15, -0.1) is 0 Å². The summed E-state index contributed by atoms with van der Waals surface area (Å²) in [6.45, 7) is 3.83. The van der Waals surface area contributed by atoms with Gasteiger partial charge in [-0.1, -0.05) is 0 Å². The van der Waals surface area contributed by atoms with E-state index in [-0.39, 0.29) is 5.56 Å². The standard InChI is InChI=1S/C10H11N3O3S/c1-5-8(9(14)15)3-7(16-5)4-11-10-12-6(2)13-17-10/h3H,4H2,1-2H3,(H,14,15)(H,11,12,13). The van der Waals surface area contributed by atoms with Gasteiger partial charge < -0.3 is 14.8 Å². The van der Waals surface area contributed by atoms with Crippen molar-refractivity contribution in [2.24, 2.45) is 0 Å². The highest BCUT2D eigenvalue weighted by Gasteiger charge is 2.13. The summed E-state index contributed by atoms with van der Waals surface area (Å²) in [7, 11) is 0. The number of nitrogens with zero attached hydrogens (tertiary/aromatic N) is 2. The van der Waals surface area contributed by atoms with E-state index in [4.69, 9.17) is 9.52 Å². The minimum atomic E-state index is -0.982. The van der Waals surface area contributed by atoms with Crippen LogP contribution in [0.25, 0.3) is 0 Å². The van der Waals surface area contributed by atoms with E-state index < -0.39 is 5.97 Å². The van der Waals surface area contributed by atoms with Gasteiger partial charge >= 0.3 is 5.97 Å². The average molecular weight is 253 g/mol. The van der Waals surface area contributed by atoms with Gasteiger partial charge in [0.2, 0.25) is 5.13 Å². The largest absolute Gasteiger partial charge is 0.478 e. The predicted molar refractivity (Wildman–Crippen MR) is 62.4 cm³/mol. The predicted octanol–water partition coefficient (Wildman–Crippen LogP) is 2.06. The molecular formula is C10H11N3O3S. The van der Waals surface area contributed by atoms with Gasteiger partial charge in [0.1, 0.15) is 22.9 Å². The lowest BCUT2D eigenvalue weighted by atomic mass is 10.2. The molecule has 0 spiro atoms. The van der Waals surface area contributed by atoms with Gasteiger partial charge in [0.25, 0.3) is 0 Å². The maximum atomic E-state index is 10.8. The zero-order valence-corrected chi connectivity index (χ0v) is 10.2. The van der Waals surface area contributed by atoms with Gasteiger partial charge in [0.15, 0.2) is 0 Å². The fraction of sp³-hybridized carbons (Fsp3) is 0.300. The molecule has 0 atom stereocenters. The summed E-state index contributed by atoms with van der Waals surface area (Å²) >= 11 is 1.26. The first-order chi connectivity index (χ1) is 8.06. The zero-order valence-electron chi connectivity index (χ0n) is 9.35. The van der Waals surface area contributed by atoms with Crippen LogP contribution in [0.2, 0.25) is 0 Å². The van der Waals surface area contributed by atoms with Crippen LogP contribution in [-0.4, -0.2) is 20.4 Å². The molecule has 6 nitrogen and oxygen atoms in total. The Kier molecular flexibility index (Phi) is 3.10. The molecule has 2 N–H and O–H groups in total. The fourth-order valence-electron chi connectivity index (χ4n) is 1.37. The van der Waals surface area contributed by atoms with Crippen LogP contribution < -0.4 is 5.32 Å². The number of anilines is 1. The van der Waals surface area contributed by atoms with Gasteiger partial charge in [-0.2, -0.15) is 4.37 Å². The summed E-state index contributed by atoms with van der Waals surface area (Å²) in [4.78, 5) is 14.9. The van der Waals surface area contributed by atoms with Crippen molar-refractivity contribution in [2.75, 3.05) is 5.32 Å². The van der Waals surface area contributed by atoms with E-state index in [1.165, 1.54) is 17.6 Å². The van der Waals surface area contributed by atoms with Crippen LogP contribution in [0.3, 0.4) is 0 Å². The molecule has 0 aliphatic rings. The lowest BCUT2D eigenvalue weighted by Gasteiger charge is -1.97. The second-order valence-corrected chi connectivity index (χ2v) is 4.24. The van der Waals surface area contributed by atoms with Crippen LogP contribution >= 0.6 is 11.5 Å². The van der Waals surface area contributed by atoms with Gasteiger partial charge in [0, 0.05) is 11.5 Å². The third-order valence-electron chi connectivity index (χ3n) is 2.14. The van der Waals surface area contributed by atoms with Crippen LogP contribution in [0.4, 0.5) is 5.13 Å². The van der Waals surface area contributed by atoms with Crippen molar-refractivity contribution < 1.29 is 14.3 Å². The molecule has 0 unspecified atom stereocenters. The molecule has 2 rings (SSSR count). The minimum Gasteiger partial charge on any atom is -0.478 e. The summed E-state index contributed by atoms with van der Waals surface area (Å²) in [5.74, 6) is 0.694. The van der Waals surface area contributed by atoms with Crippen LogP contribution in [0, 0.1) is 13.8 Å². The van der Waals surface area contributed by atoms with Gasteiger partial charge in [0.05, 0.1) is 6.54 Å². The van der Waals surface area contributed by atoms with E-state index in [1.807, 2.05) is 0 Å². The molecule has 2 aromatic rings. The molecule has 0 saturated heterocycles. The number of aryl methyl sites for hydroxylation is 2. The van der Waals surface area contributed by atoms with Gasteiger partial charge in [-0.05, 0) is 19.9 Å². The molecule has 7 heteroatoms. The smallest absolute Gasteiger partial charge is 0.339 e. The second-order valence-electron chi connectivity index (χ2n) is 3.49. The highest BCUT2D eigenvalue weighted by Crippen LogP contribution is 2.17. The van der Waals surface area contributed by atoms with Crippen LogP contribution in [0.5, 0.6) is 0 Å². The number of aromatic carboxylic acids is 1. The summed E-state index contributed by atoms with van der Waals surface area (Å²) < 4.78 is 9.34. The topological polar surface area (TPSA) is 88.2 Å². The Hall–Kier alpha value is -1.89. The first kappa shape index (κ1) is 11.6. The lowest BCUT2D eigenvalue weighted by Crippen LogP contribution is -1.98. The molecule has 0 saturated carbocycles. The SMILES string of the molecule is Cc1nsc(NCc2cc(C(=O)O)c(C)o2)n1.